The second-order valence-corrected chi connectivity index (χ2v) is 5.84. The van der Waals surface area contributed by atoms with Crippen molar-refractivity contribution < 1.29 is 9.18 Å². The van der Waals surface area contributed by atoms with E-state index in [0.717, 1.165) is 25.0 Å². The number of carbonyl (C=O) groups is 1. The lowest BCUT2D eigenvalue weighted by molar-refractivity contribution is 0.102. The van der Waals surface area contributed by atoms with Crippen LogP contribution in [0.5, 0.6) is 0 Å². The quantitative estimate of drug-likeness (QED) is 0.918. The molecule has 1 heterocycles. The summed E-state index contributed by atoms with van der Waals surface area (Å²) in [5.41, 5.74) is 0.981. The van der Waals surface area contributed by atoms with Crippen LogP contribution in [-0.2, 0) is 12.8 Å². The molecule has 19 heavy (non-hydrogen) atoms. The van der Waals surface area contributed by atoms with Crippen molar-refractivity contribution in [3.05, 3.63) is 45.2 Å². The third kappa shape index (κ3) is 2.48. The van der Waals surface area contributed by atoms with Gasteiger partial charge in [-0.25, -0.2) is 9.37 Å². The second kappa shape index (κ2) is 4.90. The van der Waals surface area contributed by atoms with Crippen molar-refractivity contribution >= 4 is 34.0 Å². The van der Waals surface area contributed by atoms with Gasteiger partial charge in [-0.2, -0.15) is 0 Å². The Morgan fingerprint density at radius 2 is 2.26 bits per heavy atom. The third-order valence-electron chi connectivity index (χ3n) is 2.99. The minimum atomic E-state index is -0.592. The van der Waals surface area contributed by atoms with E-state index in [9.17, 15) is 9.18 Å². The van der Waals surface area contributed by atoms with Crippen molar-refractivity contribution in [1.82, 2.24) is 4.98 Å². The van der Waals surface area contributed by atoms with Crippen LogP contribution < -0.4 is 5.32 Å². The van der Waals surface area contributed by atoms with Crippen LogP contribution in [0.1, 0.15) is 27.3 Å². The maximum absolute atomic E-state index is 13.5. The van der Waals surface area contributed by atoms with Gasteiger partial charge in [0.05, 0.1) is 11.3 Å². The molecule has 6 heteroatoms. The highest BCUT2D eigenvalue weighted by Crippen LogP contribution is 2.30. The number of thiazole rings is 1. The molecule has 0 atom stereocenters. The van der Waals surface area contributed by atoms with Crippen LogP contribution >= 0.6 is 22.9 Å². The number of nitrogens with zero attached hydrogens (tertiary/aromatic N) is 1. The molecule has 0 unspecified atom stereocenters. The highest BCUT2D eigenvalue weighted by Gasteiger charge is 2.19. The number of amides is 1. The van der Waals surface area contributed by atoms with E-state index in [2.05, 4.69) is 10.3 Å². The molecular weight excluding hydrogens is 287 g/mol. The molecule has 0 bridgehead atoms. The van der Waals surface area contributed by atoms with Gasteiger partial charge in [-0.1, -0.05) is 11.6 Å². The first kappa shape index (κ1) is 12.6. The van der Waals surface area contributed by atoms with Gasteiger partial charge in [-0.05, 0) is 37.5 Å². The molecule has 1 aliphatic rings. The smallest absolute Gasteiger partial charge is 0.260 e. The van der Waals surface area contributed by atoms with Crippen LogP contribution in [0, 0.1) is 5.82 Å². The summed E-state index contributed by atoms with van der Waals surface area (Å²) in [5, 5.41) is 3.47. The summed E-state index contributed by atoms with van der Waals surface area (Å²) >= 11 is 7.22. The number of aryl methyl sites for hydroxylation is 2. The molecule has 1 aromatic heterocycles. The predicted molar refractivity (Wildman–Crippen MR) is 73.5 cm³/mol. The lowest BCUT2D eigenvalue weighted by Gasteiger charge is -2.03. The molecule has 98 valence electrons. The first-order valence-electron chi connectivity index (χ1n) is 5.88. The largest absolute Gasteiger partial charge is 0.298 e. The van der Waals surface area contributed by atoms with E-state index in [0.29, 0.717) is 10.2 Å². The van der Waals surface area contributed by atoms with Gasteiger partial charge in [0.15, 0.2) is 5.13 Å². The zero-order chi connectivity index (χ0) is 13.4. The van der Waals surface area contributed by atoms with E-state index >= 15 is 0 Å². The molecule has 3 rings (SSSR count). The van der Waals surface area contributed by atoms with Crippen LogP contribution in [-0.4, -0.2) is 10.9 Å². The standard InChI is InChI=1S/C13H10ClFN2OS/c14-7-4-5-9(15)8(6-7)12(18)17-13-16-10-2-1-3-11(10)19-13/h4-6H,1-3H2,(H,16,17,18). The van der Waals surface area contributed by atoms with Gasteiger partial charge in [0, 0.05) is 9.90 Å². The highest BCUT2D eigenvalue weighted by molar-refractivity contribution is 7.16. The Morgan fingerprint density at radius 1 is 1.42 bits per heavy atom. The lowest BCUT2D eigenvalue weighted by Crippen LogP contribution is -2.13. The molecule has 3 nitrogen and oxygen atoms in total. The zero-order valence-corrected chi connectivity index (χ0v) is 11.4. The third-order valence-corrected chi connectivity index (χ3v) is 4.30. The summed E-state index contributed by atoms with van der Waals surface area (Å²) in [6.45, 7) is 0. The number of halogens is 2. The van der Waals surface area contributed by atoms with E-state index in [4.69, 9.17) is 11.6 Å². The maximum atomic E-state index is 13.5. The minimum Gasteiger partial charge on any atom is -0.298 e. The molecule has 1 N–H and O–H groups in total. The zero-order valence-electron chi connectivity index (χ0n) is 9.87. The van der Waals surface area contributed by atoms with Gasteiger partial charge in [-0.3, -0.25) is 10.1 Å². The summed E-state index contributed by atoms with van der Waals surface area (Å²) in [7, 11) is 0. The number of nitrogens with one attached hydrogen (secondary N) is 1. The summed E-state index contributed by atoms with van der Waals surface area (Å²) < 4.78 is 13.5. The first-order valence-corrected chi connectivity index (χ1v) is 7.08. The first-order chi connectivity index (χ1) is 9.13. The van der Waals surface area contributed by atoms with Gasteiger partial charge in [0.25, 0.3) is 5.91 Å². The molecule has 0 aliphatic heterocycles. The van der Waals surface area contributed by atoms with Crippen LogP contribution in [0.15, 0.2) is 18.2 Å². The number of benzene rings is 1. The van der Waals surface area contributed by atoms with E-state index in [1.54, 1.807) is 0 Å². The molecule has 0 fully saturated rings. The van der Waals surface area contributed by atoms with Gasteiger partial charge < -0.3 is 0 Å². The molecule has 2 aromatic rings. The van der Waals surface area contributed by atoms with Crippen LogP contribution in [0.2, 0.25) is 5.02 Å². The molecule has 1 aromatic carbocycles. The van der Waals surface area contributed by atoms with Crippen molar-refractivity contribution in [2.45, 2.75) is 19.3 Å². The van der Waals surface area contributed by atoms with Crippen molar-refractivity contribution in [2.75, 3.05) is 5.32 Å². The Labute approximate surface area is 118 Å². The minimum absolute atomic E-state index is 0.0668. The van der Waals surface area contributed by atoms with Gasteiger partial charge in [0.1, 0.15) is 5.82 Å². The second-order valence-electron chi connectivity index (χ2n) is 4.32. The van der Waals surface area contributed by atoms with Gasteiger partial charge >= 0.3 is 0 Å². The average Bonchev–Trinajstić information content (AvgIpc) is 2.92. The van der Waals surface area contributed by atoms with Crippen LogP contribution in [0.3, 0.4) is 0 Å². The van der Waals surface area contributed by atoms with E-state index in [1.807, 2.05) is 0 Å². The number of aromatic nitrogens is 1. The fourth-order valence-electron chi connectivity index (χ4n) is 2.08. The molecule has 1 aliphatic carbocycles. The number of fused-ring (bicyclic) bond motifs is 1. The molecule has 0 saturated heterocycles. The fraction of sp³-hybridized carbons (Fsp3) is 0.231. The van der Waals surface area contributed by atoms with Gasteiger partial charge in [0.2, 0.25) is 0 Å². The molecule has 1 amide bonds. The fourth-order valence-corrected chi connectivity index (χ4v) is 3.30. The Balaban J connectivity index is 1.82. The molecule has 0 radical (unpaired) electrons. The van der Waals surface area contributed by atoms with Crippen molar-refractivity contribution in [3.63, 3.8) is 0 Å². The molecule has 0 spiro atoms. The monoisotopic (exact) mass is 296 g/mol. The normalized spacial score (nSPS) is 13.4. The van der Waals surface area contributed by atoms with Gasteiger partial charge in [-0.15, -0.1) is 11.3 Å². The average molecular weight is 297 g/mol. The van der Waals surface area contributed by atoms with E-state index in [-0.39, 0.29) is 5.56 Å². The predicted octanol–water partition coefficient (Wildman–Crippen LogP) is 3.68. The number of carbonyl (C=O) groups excluding carboxylic acids is 1. The Kier molecular flexibility index (Phi) is 3.24. The molecule has 0 saturated carbocycles. The maximum Gasteiger partial charge on any atom is 0.260 e. The summed E-state index contributed by atoms with van der Waals surface area (Å²) in [6, 6.07) is 3.90. The summed E-state index contributed by atoms with van der Waals surface area (Å²) in [4.78, 5) is 17.5. The Bertz CT molecular complexity index is 635. The Morgan fingerprint density at radius 3 is 3.05 bits per heavy atom. The number of hydrogen-bond acceptors (Lipinski definition) is 3. The SMILES string of the molecule is O=C(Nc1nc2c(s1)CCC2)c1cc(Cl)ccc1F. The number of anilines is 1. The number of hydrogen-bond donors (Lipinski definition) is 1. The number of rotatable bonds is 2. The van der Waals surface area contributed by atoms with E-state index in [1.165, 1.54) is 34.4 Å². The van der Waals surface area contributed by atoms with Crippen molar-refractivity contribution in [2.24, 2.45) is 0 Å². The van der Waals surface area contributed by atoms with E-state index < -0.39 is 11.7 Å². The van der Waals surface area contributed by atoms with Crippen LogP contribution in [0.25, 0.3) is 0 Å². The highest BCUT2D eigenvalue weighted by atomic mass is 35.5. The Hall–Kier alpha value is -1.46. The summed E-state index contributed by atoms with van der Waals surface area (Å²) in [6.07, 6.45) is 3.08. The van der Waals surface area contributed by atoms with Crippen molar-refractivity contribution in [1.29, 1.82) is 0 Å². The van der Waals surface area contributed by atoms with Crippen LogP contribution in [0.4, 0.5) is 9.52 Å². The lowest BCUT2D eigenvalue weighted by atomic mass is 10.2. The topological polar surface area (TPSA) is 42.0 Å². The molecular formula is C13H10ClFN2OS. The van der Waals surface area contributed by atoms with Crippen molar-refractivity contribution in [3.8, 4) is 0 Å². The summed E-state index contributed by atoms with van der Waals surface area (Å²) in [5.74, 6) is -1.11.